The number of ether oxygens (including phenoxy) is 2. The molecule has 0 aliphatic carbocycles. The number of carboxylic acid groups (broad SMARTS) is 1. The van der Waals surface area contributed by atoms with Crippen molar-refractivity contribution in [3.8, 4) is 11.5 Å². The van der Waals surface area contributed by atoms with Crippen LogP contribution in [0.25, 0.3) is 0 Å². The smallest absolute Gasteiger partial charge is 0.259 e. The number of aliphatic carboxylic acids is 1. The maximum atomic E-state index is 11.8. The Morgan fingerprint density at radius 3 is 2.59 bits per heavy atom. The second-order valence-corrected chi connectivity index (χ2v) is 5.87. The van der Waals surface area contributed by atoms with Gasteiger partial charge in [-0.1, -0.05) is 24.3 Å². The molecule has 0 bridgehead atoms. The van der Waals surface area contributed by atoms with Crippen LogP contribution in [0.15, 0.2) is 53.6 Å². The fourth-order valence-corrected chi connectivity index (χ4v) is 2.15. The van der Waals surface area contributed by atoms with Gasteiger partial charge in [-0.05, 0) is 36.8 Å². The molecule has 2 N–H and O–H groups in total. The van der Waals surface area contributed by atoms with E-state index in [1.54, 1.807) is 36.4 Å². The zero-order chi connectivity index (χ0) is 21.1. The van der Waals surface area contributed by atoms with E-state index in [0.29, 0.717) is 11.3 Å². The van der Waals surface area contributed by atoms with Crippen molar-refractivity contribution in [3.05, 3.63) is 59.7 Å². The van der Waals surface area contributed by atoms with Crippen LogP contribution in [0.4, 0.5) is 0 Å². The molecule has 0 saturated carbocycles. The summed E-state index contributed by atoms with van der Waals surface area (Å²) in [7, 11) is 0. The topological polar surface area (TPSA) is 129 Å². The molecule has 0 aliphatic heterocycles. The first-order chi connectivity index (χ1) is 13.9. The molecule has 2 rings (SSSR count). The standard InChI is InChI=1S/C20H21N3O6/c1-14-5-4-7-16(9-14)28-12-19(25)21-11-18(24)23-22-10-15-6-2-3-8-17(15)29-13-20(26)27/h2-10H,11-13H2,1H3,(H,21,25)(H,23,24)(H,26,27)/p-1/b22-10-. The van der Waals surface area contributed by atoms with Gasteiger partial charge < -0.3 is 24.7 Å². The molecule has 0 unspecified atom stereocenters. The molecular weight excluding hydrogens is 378 g/mol. The van der Waals surface area contributed by atoms with Gasteiger partial charge in [-0.25, -0.2) is 5.43 Å². The van der Waals surface area contributed by atoms with Crippen molar-refractivity contribution in [3.63, 3.8) is 0 Å². The summed E-state index contributed by atoms with van der Waals surface area (Å²) in [6.07, 6.45) is 1.30. The predicted molar refractivity (Wildman–Crippen MR) is 102 cm³/mol. The van der Waals surface area contributed by atoms with Gasteiger partial charge in [0, 0.05) is 5.56 Å². The predicted octanol–water partition coefficient (Wildman–Crippen LogP) is -0.231. The van der Waals surface area contributed by atoms with E-state index in [0.717, 1.165) is 5.56 Å². The monoisotopic (exact) mass is 398 g/mol. The van der Waals surface area contributed by atoms with Gasteiger partial charge in [-0.15, -0.1) is 0 Å². The summed E-state index contributed by atoms with van der Waals surface area (Å²) in [5, 5.41) is 16.7. The molecule has 2 aromatic carbocycles. The van der Waals surface area contributed by atoms with Crippen molar-refractivity contribution in [2.75, 3.05) is 19.8 Å². The lowest BCUT2D eigenvalue weighted by molar-refractivity contribution is -0.307. The third-order valence-corrected chi connectivity index (χ3v) is 3.46. The molecule has 0 spiro atoms. The molecule has 2 aromatic rings. The van der Waals surface area contributed by atoms with E-state index in [1.165, 1.54) is 6.21 Å². The summed E-state index contributed by atoms with van der Waals surface area (Å²) in [4.78, 5) is 34.0. The van der Waals surface area contributed by atoms with Gasteiger partial charge in [0.25, 0.3) is 11.8 Å². The molecule has 9 heteroatoms. The zero-order valence-corrected chi connectivity index (χ0v) is 15.7. The molecule has 0 saturated heterocycles. The number of carboxylic acids is 1. The van der Waals surface area contributed by atoms with Crippen LogP contribution in [0.1, 0.15) is 11.1 Å². The van der Waals surface area contributed by atoms with Crippen LogP contribution in [0.3, 0.4) is 0 Å². The lowest BCUT2D eigenvalue weighted by atomic mass is 10.2. The first-order valence-corrected chi connectivity index (χ1v) is 8.64. The van der Waals surface area contributed by atoms with Crippen molar-refractivity contribution in [1.29, 1.82) is 0 Å². The number of aryl methyl sites for hydroxylation is 1. The van der Waals surface area contributed by atoms with Crippen molar-refractivity contribution >= 4 is 24.0 Å². The van der Waals surface area contributed by atoms with E-state index in [4.69, 9.17) is 9.47 Å². The number of amides is 2. The highest BCUT2D eigenvalue weighted by atomic mass is 16.5. The third-order valence-electron chi connectivity index (χ3n) is 3.46. The number of carbonyl (C=O) groups excluding carboxylic acids is 3. The summed E-state index contributed by atoms with van der Waals surface area (Å²) in [5.41, 5.74) is 3.72. The number of hydrogen-bond acceptors (Lipinski definition) is 7. The normalized spacial score (nSPS) is 10.4. The Labute approximate surface area is 167 Å². The maximum Gasteiger partial charge on any atom is 0.259 e. The second-order valence-electron chi connectivity index (χ2n) is 5.87. The van der Waals surface area contributed by atoms with Crippen molar-refractivity contribution < 1.29 is 29.0 Å². The summed E-state index contributed by atoms with van der Waals surface area (Å²) < 4.78 is 10.4. The van der Waals surface area contributed by atoms with Crippen LogP contribution in [0.2, 0.25) is 0 Å². The molecule has 0 aliphatic rings. The maximum absolute atomic E-state index is 11.8. The highest BCUT2D eigenvalue weighted by Crippen LogP contribution is 2.15. The fraction of sp³-hybridized carbons (Fsp3) is 0.200. The fourth-order valence-electron chi connectivity index (χ4n) is 2.15. The zero-order valence-electron chi connectivity index (χ0n) is 15.7. The Bertz CT molecular complexity index is 897. The number of nitrogens with zero attached hydrogens (tertiary/aromatic N) is 1. The van der Waals surface area contributed by atoms with Crippen molar-refractivity contribution in [2.24, 2.45) is 5.10 Å². The Morgan fingerprint density at radius 2 is 1.83 bits per heavy atom. The minimum Gasteiger partial charge on any atom is -0.546 e. The second kappa shape index (κ2) is 11.1. The van der Waals surface area contributed by atoms with Gasteiger partial charge in [0.1, 0.15) is 18.1 Å². The van der Waals surface area contributed by atoms with Crippen LogP contribution in [-0.2, 0) is 14.4 Å². The van der Waals surface area contributed by atoms with Gasteiger partial charge in [0.15, 0.2) is 6.61 Å². The lowest BCUT2D eigenvalue weighted by Crippen LogP contribution is -2.37. The van der Waals surface area contributed by atoms with Gasteiger partial charge in [-0.3, -0.25) is 9.59 Å². The number of nitrogens with one attached hydrogen (secondary N) is 2. The molecule has 0 atom stereocenters. The molecule has 0 heterocycles. The molecule has 29 heavy (non-hydrogen) atoms. The summed E-state index contributed by atoms with van der Waals surface area (Å²) in [5.74, 6) is -1.51. The summed E-state index contributed by atoms with van der Waals surface area (Å²) >= 11 is 0. The molecule has 0 fully saturated rings. The first-order valence-electron chi connectivity index (χ1n) is 8.64. The SMILES string of the molecule is Cc1cccc(OCC(=O)NCC(=O)N/N=C\c2ccccc2OCC(=O)[O-])c1. The number of para-hydroxylation sites is 1. The average Bonchev–Trinajstić information content (AvgIpc) is 2.70. The molecule has 0 radical (unpaired) electrons. The molecule has 2 amide bonds. The van der Waals surface area contributed by atoms with Crippen LogP contribution >= 0.6 is 0 Å². The largest absolute Gasteiger partial charge is 0.546 e. The minimum atomic E-state index is -1.35. The molecule has 0 aromatic heterocycles. The van der Waals surface area contributed by atoms with Gasteiger partial charge >= 0.3 is 0 Å². The highest BCUT2D eigenvalue weighted by molar-refractivity contribution is 5.87. The van der Waals surface area contributed by atoms with Crippen molar-refractivity contribution in [2.45, 2.75) is 6.92 Å². The van der Waals surface area contributed by atoms with Crippen molar-refractivity contribution in [1.82, 2.24) is 10.7 Å². The quantitative estimate of drug-likeness (QED) is 0.420. The average molecular weight is 398 g/mol. The molecule has 152 valence electrons. The number of hydrogen-bond donors (Lipinski definition) is 2. The van der Waals surface area contributed by atoms with E-state index < -0.39 is 24.4 Å². The number of carbonyl (C=O) groups is 3. The van der Waals surface area contributed by atoms with E-state index in [2.05, 4.69) is 15.8 Å². The van der Waals surface area contributed by atoms with E-state index in [1.807, 2.05) is 19.1 Å². The van der Waals surface area contributed by atoms with E-state index in [9.17, 15) is 19.5 Å². The lowest BCUT2D eigenvalue weighted by Gasteiger charge is -2.09. The Morgan fingerprint density at radius 1 is 1.03 bits per heavy atom. The Kier molecular flexibility index (Phi) is 8.18. The van der Waals surface area contributed by atoms with Gasteiger partial charge in [0.05, 0.1) is 18.7 Å². The highest BCUT2D eigenvalue weighted by Gasteiger charge is 2.06. The van der Waals surface area contributed by atoms with Gasteiger partial charge in [-0.2, -0.15) is 5.10 Å². The first kappa shape index (κ1) is 21.4. The van der Waals surface area contributed by atoms with E-state index >= 15 is 0 Å². The Hall–Kier alpha value is -3.88. The molecular formula is C20H20N3O6-. The van der Waals surface area contributed by atoms with Gasteiger partial charge in [0.2, 0.25) is 0 Å². The number of hydrazone groups is 1. The number of benzene rings is 2. The third kappa shape index (κ3) is 8.12. The van der Waals surface area contributed by atoms with Crippen LogP contribution in [-0.4, -0.2) is 43.8 Å². The molecule has 9 nitrogen and oxygen atoms in total. The van der Waals surface area contributed by atoms with Crippen LogP contribution in [0, 0.1) is 6.92 Å². The summed E-state index contributed by atoms with van der Waals surface area (Å²) in [6, 6.07) is 13.8. The van der Waals surface area contributed by atoms with Crippen LogP contribution in [0.5, 0.6) is 11.5 Å². The summed E-state index contributed by atoms with van der Waals surface area (Å²) in [6.45, 7) is 0.804. The Balaban J connectivity index is 1.74. The number of rotatable bonds is 10. The van der Waals surface area contributed by atoms with Crippen LogP contribution < -0.4 is 25.3 Å². The van der Waals surface area contributed by atoms with E-state index in [-0.39, 0.29) is 18.9 Å². The minimum absolute atomic E-state index is 0.219.